The van der Waals surface area contributed by atoms with Crippen molar-refractivity contribution >= 4 is 23.0 Å². The van der Waals surface area contributed by atoms with Gasteiger partial charge < -0.3 is 14.4 Å². The molecule has 2 fully saturated rings. The third kappa shape index (κ3) is 3.04. The zero-order valence-corrected chi connectivity index (χ0v) is 13.2. The highest BCUT2D eigenvalue weighted by atomic mass is 35.5. The normalized spacial score (nSPS) is 20.5. The monoisotopic (exact) mass is 326 g/mol. The summed E-state index contributed by atoms with van der Waals surface area (Å²) in [5, 5.41) is 11.3. The molecule has 7 heteroatoms. The second-order valence-electron chi connectivity index (χ2n) is 5.78. The summed E-state index contributed by atoms with van der Waals surface area (Å²) >= 11 is 6.28. The number of non-ortho nitro benzene ring substituents is 1. The van der Waals surface area contributed by atoms with Gasteiger partial charge in [0, 0.05) is 31.1 Å². The Kier molecular flexibility index (Phi) is 4.52. The van der Waals surface area contributed by atoms with E-state index in [0.29, 0.717) is 24.2 Å². The van der Waals surface area contributed by atoms with E-state index in [1.165, 1.54) is 6.07 Å². The van der Waals surface area contributed by atoms with Crippen LogP contribution in [0.15, 0.2) is 12.1 Å². The molecule has 1 aromatic rings. The molecule has 0 bridgehead atoms. The number of piperidine rings is 1. The van der Waals surface area contributed by atoms with Crippen molar-refractivity contribution in [1.29, 1.82) is 0 Å². The van der Waals surface area contributed by atoms with E-state index in [-0.39, 0.29) is 12.0 Å². The van der Waals surface area contributed by atoms with Gasteiger partial charge in [0.2, 0.25) is 0 Å². The van der Waals surface area contributed by atoms with Gasteiger partial charge in [0.1, 0.15) is 0 Å². The summed E-state index contributed by atoms with van der Waals surface area (Å²) < 4.78 is 11.2. The molecule has 0 aromatic heterocycles. The zero-order valence-electron chi connectivity index (χ0n) is 12.5. The van der Waals surface area contributed by atoms with Gasteiger partial charge in [-0.3, -0.25) is 10.1 Å². The van der Waals surface area contributed by atoms with Crippen LogP contribution in [-0.4, -0.2) is 37.5 Å². The standard InChI is InChI=1S/C15H19ClN2O4/c1-10-8-12(18(19)20)9-13(16)14(10)17-4-2-11(3-5-17)15-21-6-7-22-15/h8-9,11,15H,2-7H2,1H3. The van der Waals surface area contributed by atoms with Gasteiger partial charge in [-0.2, -0.15) is 0 Å². The molecule has 0 unspecified atom stereocenters. The Labute approximate surface area is 134 Å². The summed E-state index contributed by atoms with van der Waals surface area (Å²) in [6.45, 7) is 4.93. The summed E-state index contributed by atoms with van der Waals surface area (Å²) in [5.41, 5.74) is 1.78. The molecule has 2 saturated heterocycles. The van der Waals surface area contributed by atoms with E-state index in [0.717, 1.165) is 37.2 Å². The van der Waals surface area contributed by atoms with Gasteiger partial charge in [-0.25, -0.2) is 0 Å². The van der Waals surface area contributed by atoms with Crippen molar-refractivity contribution in [2.24, 2.45) is 5.92 Å². The van der Waals surface area contributed by atoms with Crippen LogP contribution >= 0.6 is 11.6 Å². The van der Waals surface area contributed by atoms with Gasteiger partial charge in [0.05, 0.1) is 28.8 Å². The highest BCUT2D eigenvalue weighted by Crippen LogP contribution is 2.36. The van der Waals surface area contributed by atoms with Gasteiger partial charge in [-0.1, -0.05) is 11.6 Å². The maximum atomic E-state index is 10.9. The number of benzene rings is 1. The fourth-order valence-electron chi connectivity index (χ4n) is 3.27. The molecule has 0 aliphatic carbocycles. The summed E-state index contributed by atoms with van der Waals surface area (Å²) in [6.07, 6.45) is 1.87. The molecule has 2 heterocycles. The SMILES string of the molecule is Cc1cc([N+](=O)[O-])cc(Cl)c1N1CCC(C2OCCO2)CC1. The van der Waals surface area contributed by atoms with Crippen molar-refractivity contribution in [3.8, 4) is 0 Å². The van der Waals surface area contributed by atoms with E-state index in [1.807, 2.05) is 6.92 Å². The maximum Gasteiger partial charge on any atom is 0.271 e. The number of nitro benzene ring substituents is 1. The van der Waals surface area contributed by atoms with E-state index < -0.39 is 4.92 Å². The first-order valence-electron chi connectivity index (χ1n) is 7.49. The lowest BCUT2D eigenvalue weighted by atomic mass is 9.95. The molecule has 0 amide bonds. The average Bonchev–Trinajstić information content (AvgIpc) is 3.01. The van der Waals surface area contributed by atoms with Crippen molar-refractivity contribution in [2.45, 2.75) is 26.1 Å². The van der Waals surface area contributed by atoms with Gasteiger partial charge >= 0.3 is 0 Å². The van der Waals surface area contributed by atoms with Crippen molar-refractivity contribution < 1.29 is 14.4 Å². The van der Waals surface area contributed by atoms with Crippen LogP contribution in [0, 0.1) is 23.0 Å². The van der Waals surface area contributed by atoms with Gasteiger partial charge in [-0.05, 0) is 25.3 Å². The largest absolute Gasteiger partial charge is 0.370 e. The molecule has 22 heavy (non-hydrogen) atoms. The van der Waals surface area contributed by atoms with Crippen LogP contribution in [0.1, 0.15) is 18.4 Å². The summed E-state index contributed by atoms with van der Waals surface area (Å²) in [7, 11) is 0. The van der Waals surface area contributed by atoms with Crippen LogP contribution in [0.4, 0.5) is 11.4 Å². The predicted octanol–water partition coefficient (Wildman–Crippen LogP) is 3.15. The molecule has 0 N–H and O–H groups in total. The first-order chi connectivity index (χ1) is 10.6. The van der Waals surface area contributed by atoms with Crippen LogP contribution in [-0.2, 0) is 9.47 Å². The number of aryl methyl sites for hydroxylation is 1. The lowest BCUT2D eigenvalue weighted by molar-refractivity contribution is -0.384. The van der Waals surface area contributed by atoms with Crippen molar-refractivity contribution in [3.63, 3.8) is 0 Å². The number of rotatable bonds is 3. The van der Waals surface area contributed by atoms with E-state index in [2.05, 4.69) is 4.90 Å². The molecule has 6 nitrogen and oxygen atoms in total. The Morgan fingerprint density at radius 1 is 1.27 bits per heavy atom. The number of ether oxygens (including phenoxy) is 2. The maximum absolute atomic E-state index is 10.9. The molecule has 3 rings (SSSR count). The van der Waals surface area contributed by atoms with Gasteiger partial charge in [-0.15, -0.1) is 0 Å². The van der Waals surface area contributed by atoms with Gasteiger partial charge in [0.15, 0.2) is 6.29 Å². The number of anilines is 1. The summed E-state index contributed by atoms with van der Waals surface area (Å²) in [4.78, 5) is 12.7. The number of nitro groups is 1. The number of hydrogen-bond acceptors (Lipinski definition) is 5. The molecule has 0 spiro atoms. The quantitative estimate of drug-likeness (QED) is 0.630. The molecule has 2 aliphatic heterocycles. The topological polar surface area (TPSA) is 64.8 Å². The Bertz CT molecular complexity index is 544. The Hall–Kier alpha value is -1.37. The second kappa shape index (κ2) is 6.40. The van der Waals surface area contributed by atoms with Crippen LogP contribution in [0.25, 0.3) is 0 Å². The van der Waals surface area contributed by atoms with Crippen LogP contribution < -0.4 is 4.90 Å². The lowest BCUT2D eigenvalue weighted by Gasteiger charge is -2.36. The number of halogens is 1. The van der Waals surface area contributed by atoms with Crippen molar-refractivity contribution in [1.82, 2.24) is 0 Å². The molecule has 1 aromatic carbocycles. The smallest absolute Gasteiger partial charge is 0.271 e. The van der Waals surface area contributed by atoms with E-state index in [1.54, 1.807) is 6.07 Å². The third-order valence-corrected chi connectivity index (χ3v) is 4.63. The molecule has 0 radical (unpaired) electrons. The molecular formula is C15H19ClN2O4. The second-order valence-corrected chi connectivity index (χ2v) is 6.19. The van der Waals surface area contributed by atoms with Crippen molar-refractivity contribution in [3.05, 3.63) is 32.8 Å². The highest BCUT2D eigenvalue weighted by molar-refractivity contribution is 6.33. The third-order valence-electron chi connectivity index (χ3n) is 4.34. The van der Waals surface area contributed by atoms with Crippen LogP contribution in [0.5, 0.6) is 0 Å². The van der Waals surface area contributed by atoms with E-state index in [9.17, 15) is 10.1 Å². The minimum atomic E-state index is -0.413. The fraction of sp³-hybridized carbons (Fsp3) is 0.600. The Balaban J connectivity index is 1.72. The number of nitrogens with zero attached hydrogens (tertiary/aromatic N) is 2. The molecule has 0 saturated carbocycles. The first kappa shape index (κ1) is 15.5. The van der Waals surface area contributed by atoms with E-state index in [4.69, 9.17) is 21.1 Å². The molecule has 120 valence electrons. The Morgan fingerprint density at radius 3 is 2.45 bits per heavy atom. The van der Waals surface area contributed by atoms with E-state index >= 15 is 0 Å². The van der Waals surface area contributed by atoms with Crippen molar-refractivity contribution in [2.75, 3.05) is 31.2 Å². The van der Waals surface area contributed by atoms with Crippen LogP contribution in [0.3, 0.4) is 0 Å². The summed E-state index contributed by atoms with van der Waals surface area (Å²) in [6, 6.07) is 3.01. The first-order valence-corrected chi connectivity index (χ1v) is 7.87. The number of hydrogen-bond donors (Lipinski definition) is 0. The summed E-state index contributed by atoms with van der Waals surface area (Å²) in [5.74, 6) is 0.413. The zero-order chi connectivity index (χ0) is 15.7. The minimum Gasteiger partial charge on any atom is -0.370 e. The fourth-order valence-corrected chi connectivity index (χ4v) is 3.65. The average molecular weight is 327 g/mol. The molecule has 2 aliphatic rings. The molecular weight excluding hydrogens is 308 g/mol. The Morgan fingerprint density at radius 2 is 1.91 bits per heavy atom. The highest BCUT2D eigenvalue weighted by Gasteiger charge is 2.31. The minimum absolute atomic E-state index is 0.0360. The van der Waals surface area contributed by atoms with Gasteiger partial charge in [0.25, 0.3) is 5.69 Å². The predicted molar refractivity (Wildman–Crippen MR) is 83.5 cm³/mol. The lowest BCUT2D eigenvalue weighted by Crippen LogP contribution is -2.38. The molecule has 0 atom stereocenters. The van der Waals surface area contributed by atoms with Crippen LogP contribution in [0.2, 0.25) is 5.02 Å².